The quantitative estimate of drug-likeness (QED) is 0.516. The minimum atomic E-state index is -1.20. The van der Waals surface area contributed by atoms with Gasteiger partial charge in [0.25, 0.3) is 5.91 Å². The van der Waals surface area contributed by atoms with Crippen molar-refractivity contribution in [2.75, 3.05) is 0 Å². The van der Waals surface area contributed by atoms with E-state index in [2.05, 4.69) is 16.0 Å². The summed E-state index contributed by atoms with van der Waals surface area (Å²) in [4.78, 5) is 46.7. The molecule has 1 rings (SSSR count). The number of ether oxygens (including phenoxy) is 1. The average molecular weight is 399 g/mol. The van der Waals surface area contributed by atoms with Crippen LogP contribution in [-0.2, 0) is 14.3 Å². The molecule has 0 unspecified atom stereocenters. The van der Waals surface area contributed by atoms with E-state index in [-0.39, 0.29) is 12.5 Å². The zero-order valence-corrected chi connectivity index (χ0v) is 16.0. The second-order valence-corrected chi connectivity index (χ2v) is 6.50. The van der Waals surface area contributed by atoms with Crippen LogP contribution >= 0.6 is 11.6 Å². The Morgan fingerprint density at radius 3 is 2.19 bits per heavy atom. The normalized spacial score (nSPS) is 12.6. The lowest BCUT2D eigenvalue weighted by molar-refractivity contribution is -0.154. The Balaban J connectivity index is 2.67. The van der Waals surface area contributed by atoms with Crippen molar-refractivity contribution in [3.63, 3.8) is 0 Å². The fraction of sp³-hybridized carbons (Fsp3) is 0.412. The first kappa shape index (κ1) is 22.2. The van der Waals surface area contributed by atoms with Crippen LogP contribution in [0, 0.1) is 0 Å². The van der Waals surface area contributed by atoms with Gasteiger partial charge in [0.2, 0.25) is 0 Å². The highest BCUT2D eigenvalue weighted by atomic mass is 35.5. The van der Waals surface area contributed by atoms with E-state index in [9.17, 15) is 19.2 Å². The zero-order valence-electron chi connectivity index (χ0n) is 15.2. The zero-order chi connectivity index (χ0) is 20.6. The van der Waals surface area contributed by atoms with Crippen molar-refractivity contribution in [2.45, 2.75) is 45.4 Å². The second-order valence-electron chi connectivity index (χ2n) is 6.07. The largest absolute Gasteiger partial charge is 0.452 e. The topological polar surface area (TPSA) is 140 Å². The third-order valence-corrected chi connectivity index (χ3v) is 3.55. The molecule has 0 radical (unpaired) electrons. The molecule has 0 saturated heterocycles. The minimum absolute atomic E-state index is 0.157. The third kappa shape index (κ3) is 8.41. The van der Waals surface area contributed by atoms with Crippen molar-refractivity contribution >= 4 is 35.5 Å². The molecule has 27 heavy (non-hydrogen) atoms. The van der Waals surface area contributed by atoms with Gasteiger partial charge in [0.05, 0.1) is 12.5 Å². The molecule has 9 nitrogen and oxygen atoms in total. The molecule has 5 N–H and O–H groups in total. The van der Waals surface area contributed by atoms with E-state index in [0.717, 1.165) is 0 Å². The number of halogens is 1. The van der Waals surface area contributed by atoms with Crippen LogP contribution in [0.1, 0.15) is 38.8 Å². The molecule has 1 aromatic rings. The summed E-state index contributed by atoms with van der Waals surface area (Å²) in [6, 6.07) is 4.03. The second kappa shape index (κ2) is 10.4. The van der Waals surface area contributed by atoms with Gasteiger partial charge in [-0.25, -0.2) is 9.59 Å². The lowest BCUT2D eigenvalue weighted by atomic mass is 10.0. The summed E-state index contributed by atoms with van der Waals surface area (Å²) >= 11 is 5.82. The van der Waals surface area contributed by atoms with Crippen molar-refractivity contribution in [1.29, 1.82) is 0 Å². The van der Waals surface area contributed by atoms with Crippen LogP contribution in [0.25, 0.3) is 0 Å². The number of rotatable bonds is 7. The van der Waals surface area contributed by atoms with Gasteiger partial charge in [-0.15, -0.1) is 0 Å². The van der Waals surface area contributed by atoms with E-state index in [0.29, 0.717) is 10.6 Å². The Bertz CT molecular complexity index is 693. The smallest absolute Gasteiger partial charge is 0.321 e. The maximum absolute atomic E-state index is 12.1. The third-order valence-electron chi connectivity index (χ3n) is 3.29. The molecule has 10 heteroatoms. The number of benzene rings is 1. The Hall–Kier alpha value is -2.81. The van der Waals surface area contributed by atoms with Crippen molar-refractivity contribution < 1.29 is 23.9 Å². The van der Waals surface area contributed by atoms with Crippen molar-refractivity contribution in [3.8, 4) is 0 Å². The summed E-state index contributed by atoms with van der Waals surface area (Å²) in [6.07, 6.45) is -1.46. The molecule has 0 aliphatic heterocycles. The molecule has 148 valence electrons. The standard InChI is InChI=1S/C17H23ClN4O5/c1-9(2)20-17(26)22-15(24)10(3)27-14(23)8-13(21-16(19)25)11-4-6-12(18)7-5-11/h4-7,9-10,13H,8H2,1-3H3,(H3,19,21,25)(H2,20,22,24,26)/t10-,13-/m0/s1. The van der Waals surface area contributed by atoms with Crippen LogP contribution in [0.3, 0.4) is 0 Å². The first-order chi connectivity index (χ1) is 12.6. The van der Waals surface area contributed by atoms with Crippen LogP contribution in [0.2, 0.25) is 5.02 Å². The maximum atomic E-state index is 12.1. The SMILES string of the molecule is CC(C)NC(=O)NC(=O)[C@H](C)OC(=O)C[C@H](NC(N)=O)c1ccc(Cl)cc1. The van der Waals surface area contributed by atoms with Crippen LogP contribution in [-0.4, -0.2) is 36.1 Å². The van der Waals surface area contributed by atoms with E-state index in [1.165, 1.54) is 6.92 Å². The Kier molecular flexibility index (Phi) is 8.53. The molecule has 0 saturated carbocycles. The maximum Gasteiger partial charge on any atom is 0.321 e. The van der Waals surface area contributed by atoms with Gasteiger partial charge in [-0.2, -0.15) is 0 Å². The summed E-state index contributed by atoms with van der Waals surface area (Å²) in [6.45, 7) is 4.79. The van der Waals surface area contributed by atoms with Gasteiger partial charge < -0.3 is 21.1 Å². The number of nitrogens with two attached hydrogens (primary N) is 1. The molecule has 0 aliphatic carbocycles. The summed E-state index contributed by atoms with van der Waals surface area (Å²) in [5.41, 5.74) is 5.73. The first-order valence-corrected chi connectivity index (χ1v) is 8.58. The molecule has 0 spiro atoms. The molecular weight excluding hydrogens is 376 g/mol. The van der Waals surface area contributed by atoms with Gasteiger partial charge in [0.15, 0.2) is 6.10 Å². The highest BCUT2D eigenvalue weighted by molar-refractivity contribution is 6.30. The Labute approximate surface area is 161 Å². The molecular formula is C17H23ClN4O5. The summed E-state index contributed by atoms with van der Waals surface area (Å²) in [5.74, 6) is -1.52. The van der Waals surface area contributed by atoms with Crippen LogP contribution in [0.5, 0.6) is 0 Å². The minimum Gasteiger partial charge on any atom is -0.452 e. The van der Waals surface area contributed by atoms with E-state index < -0.39 is 36.1 Å². The number of esters is 1. The fourth-order valence-corrected chi connectivity index (χ4v) is 2.22. The number of hydrogen-bond donors (Lipinski definition) is 4. The van der Waals surface area contributed by atoms with Crippen molar-refractivity contribution in [3.05, 3.63) is 34.9 Å². The molecule has 0 fully saturated rings. The van der Waals surface area contributed by atoms with Gasteiger partial charge >= 0.3 is 18.0 Å². The molecule has 0 aromatic heterocycles. The molecule has 2 atom stereocenters. The van der Waals surface area contributed by atoms with Gasteiger partial charge in [0, 0.05) is 11.1 Å². The number of carbonyl (C=O) groups excluding carboxylic acids is 4. The predicted molar refractivity (Wildman–Crippen MR) is 98.9 cm³/mol. The Morgan fingerprint density at radius 2 is 1.67 bits per heavy atom. The van der Waals surface area contributed by atoms with E-state index in [1.807, 2.05) is 0 Å². The van der Waals surface area contributed by atoms with Gasteiger partial charge in [-0.1, -0.05) is 23.7 Å². The Morgan fingerprint density at radius 1 is 1.07 bits per heavy atom. The van der Waals surface area contributed by atoms with E-state index in [4.69, 9.17) is 22.1 Å². The van der Waals surface area contributed by atoms with Gasteiger partial charge in [-0.05, 0) is 38.5 Å². The van der Waals surface area contributed by atoms with Crippen molar-refractivity contribution in [1.82, 2.24) is 16.0 Å². The monoisotopic (exact) mass is 398 g/mol. The summed E-state index contributed by atoms with van der Waals surface area (Å²) in [5, 5.41) is 7.47. The van der Waals surface area contributed by atoms with Crippen LogP contribution in [0.4, 0.5) is 9.59 Å². The van der Waals surface area contributed by atoms with Crippen molar-refractivity contribution in [2.24, 2.45) is 5.73 Å². The molecule has 0 aliphatic rings. The lowest BCUT2D eigenvalue weighted by Gasteiger charge is -2.19. The predicted octanol–water partition coefficient (Wildman–Crippen LogP) is 1.61. The number of hydrogen-bond acceptors (Lipinski definition) is 5. The lowest BCUT2D eigenvalue weighted by Crippen LogP contribution is -2.46. The van der Waals surface area contributed by atoms with Gasteiger partial charge in [0.1, 0.15) is 0 Å². The molecule has 5 amide bonds. The molecule has 1 aromatic carbocycles. The van der Waals surface area contributed by atoms with E-state index >= 15 is 0 Å². The first-order valence-electron chi connectivity index (χ1n) is 8.20. The van der Waals surface area contributed by atoms with E-state index in [1.54, 1.807) is 38.1 Å². The number of primary amides is 1. The highest BCUT2D eigenvalue weighted by Gasteiger charge is 2.23. The number of carbonyl (C=O) groups is 4. The van der Waals surface area contributed by atoms with Gasteiger partial charge in [-0.3, -0.25) is 14.9 Å². The number of imide groups is 1. The molecule has 0 bridgehead atoms. The molecule has 0 heterocycles. The van der Waals surface area contributed by atoms with Crippen LogP contribution in [0.15, 0.2) is 24.3 Å². The summed E-state index contributed by atoms with van der Waals surface area (Å²) in [7, 11) is 0. The number of nitrogens with one attached hydrogen (secondary N) is 3. The fourth-order valence-electron chi connectivity index (χ4n) is 2.10. The van der Waals surface area contributed by atoms with Crippen LogP contribution < -0.4 is 21.7 Å². The summed E-state index contributed by atoms with van der Waals surface area (Å²) < 4.78 is 5.03. The average Bonchev–Trinajstić information content (AvgIpc) is 2.53. The number of amides is 5. The number of urea groups is 2. The highest BCUT2D eigenvalue weighted by Crippen LogP contribution is 2.20.